The van der Waals surface area contributed by atoms with Crippen molar-refractivity contribution in [2.24, 2.45) is 0 Å². The van der Waals surface area contributed by atoms with Crippen molar-refractivity contribution in [1.29, 1.82) is 0 Å². The molecule has 2 fully saturated rings. The van der Waals surface area contributed by atoms with Gasteiger partial charge in [-0.1, -0.05) is 0 Å². The maximum Gasteiger partial charge on any atom is 0.281 e. The summed E-state index contributed by atoms with van der Waals surface area (Å²) in [6.45, 7) is 1.07. The van der Waals surface area contributed by atoms with Crippen LogP contribution in [-0.2, 0) is 14.9 Å². The molecule has 0 saturated carbocycles. The molecule has 7 nitrogen and oxygen atoms in total. The molecule has 2 saturated heterocycles. The first-order valence-corrected chi connectivity index (χ1v) is 9.31. The second kappa shape index (κ2) is 6.55. The second-order valence-corrected chi connectivity index (χ2v) is 8.60. The Balaban J connectivity index is 1.68. The molecule has 2 aliphatic rings. The summed E-state index contributed by atoms with van der Waals surface area (Å²) in [5.74, 6) is -0.560. The third-order valence-electron chi connectivity index (χ3n) is 4.47. The Hall–Kier alpha value is -1.29. The molecular weight excluding hydrogens is 337 g/mol. The van der Waals surface area contributed by atoms with Crippen molar-refractivity contribution in [3.63, 3.8) is 0 Å². The zero-order chi connectivity index (χ0) is 17.4. The van der Waals surface area contributed by atoms with Crippen LogP contribution >= 0.6 is 0 Å². The largest absolute Gasteiger partial charge is 0.470 e. The van der Waals surface area contributed by atoms with E-state index in [0.717, 1.165) is 12.8 Å². The van der Waals surface area contributed by atoms with Crippen LogP contribution in [0.5, 0.6) is 5.88 Å². The Morgan fingerprint density at radius 1 is 1.50 bits per heavy atom. The number of hydrogen-bond acceptors (Lipinski definition) is 5. The fourth-order valence-electron chi connectivity index (χ4n) is 3.26. The fraction of sp³-hybridized carbons (Fsp3) is 0.667. The number of rotatable bonds is 4. The molecule has 24 heavy (non-hydrogen) atoms. The van der Waals surface area contributed by atoms with E-state index in [0.29, 0.717) is 19.6 Å². The van der Waals surface area contributed by atoms with Gasteiger partial charge in [0.25, 0.3) is 16.1 Å². The number of halogens is 1. The molecule has 1 aromatic rings. The minimum absolute atomic E-state index is 0.0447. The van der Waals surface area contributed by atoms with Crippen molar-refractivity contribution >= 4 is 10.2 Å². The SMILES string of the molecule is CN(C)S(=O)(=O)N1CCC[C@]2(C[C@H](Oc3ncccc3F)CO2)C1. The van der Waals surface area contributed by atoms with Gasteiger partial charge in [0, 0.05) is 39.8 Å². The number of ether oxygens (including phenoxy) is 2. The Labute approximate surface area is 141 Å². The summed E-state index contributed by atoms with van der Waals surface area (Å²) in [6, 6.07) is 2.79. The molecule has 0 N–H and O–H groups in total. The Morgan fingerprint density at radius 2 is 2.29 bits per heavy atom. The van der Waals surface area contributed by atoms with Crippen LogP contribution in [0.25, 0.3) is 0 Å². The Kier molecular flexibility index (Phi) is 4.78. The van der Waals surface area contributed by atoms with Gasteiger partial charge in [0.1, 0.15) is 6.10 Å². The lowest BCUT2D eigenvalue weighted by atomic mass is 9.90. The van der Waals surface area contributed by atoms with Crippen LogP contribution in [0.3, 0.4) is 0 Å². The third kappa shape index (κ3) is 3.39. The van der Waals surface area contributed by atoms with E-state index in [1.54, 1.807) is 0 Å². The molecule has 0 amide bonds. The standard InChI is InChI=1S/C15H22FN3O4S/c1-18(2)24(20,21)19-8-4-6-15(11-19)9-12(10-22-15)23-14-13(16)5-3-7-17-14/h3,5,7,12H,4,6,8-11H2,1-2H3/t12-,15-/m0/s1. The molecule has 2 atom stereocenters. The van der Waals surface area contributed by atoms with Gasteiger partial charge in [0.2, 0.25) is 0 Å². The predicted octanol–water partition coefficient (Wildman–Crippen LogP) is 1.03. The number of pyridine rings is 1. The van der Waals surface area contributed by atoms with E-state index in [4.69, 9.17) is 9.47 Å². The molecule has 3 rings (SSSR count). The van der Waals surface area contributed by atoms with Crippen molar-refractivity contribution in [1.82, 2.24) is 13.6 Å². The quantitative estimate of drug-likeness (QED) is 0.803. The van der Waals surface area contributed by atoms with Gasteiger partial charge in [0.05, 0.1) is 12.2 Å². The predicted molar refractivity (Wildman–Crippen MR) is 85.3 cm³/mol. The Bertz CT molecular complexity index is 700. The van der Waals surface area contributed by atoms with Crippen molar-refractivity contribution < 1.29 is 22.3 Å². The summed E-state index contributed by atoms with van der Waals surface area (Å²) in [6.07, 6.45) is 3.13. The van der Waals surface area contributed by atoms with Crippen LogP contribution < -0.4 is 4.74 Å². The highest BCUT2D eigenvalue weighted by molar-refractivity contribution is 7.86. The molecule has 0 aliphatic carbocycles. The number of piperidine rings is 1. The summed E-state index contributed by atoms with van der Waals surface area (Å²) >= 11 is 0. The second-order valence-electron chi connectivity index (χ2n) is 6.46. The summed E-state index contributed by atoms with van der Waals surface area (Å²) in [5, 5.41) is 0. The van der Waals surface area contributed by atoms with E-state index >= 15 is 0 Å². The minimum atomic E-state index is -3.47. The first-order valence-electron chi connectivity index (χ1n) is 7.91. The van der Waals surface area contributed by atoms with Gasteiger partial charge >= 0.3 is 0 Å². The van der Waals surface area contributed by atoms with Crippen LogP contribution in [-0.4, -0.2) is 67.5 Å². The van der Waals surface area contributed by atoms with E-state index in [2.05, 4.69) is 4.98 Å². The number of hydrogen-bond donors (Lipinski definition) is 0. The third-order valence-corrected chi connectivity index (χ3v) is 6.36. The van der Waals surface area contributed by atoms with E-state index in [1.165, 1.54) is 41.0 Å². The number of aromatic nitrogens is 1. The van der Waals surface area contributed by atoms with Gasteiger partial charge in [-0.2, -0.15) is 17.0 Å². The first kappa shape index (κ1) is 17.5. The van der Waals surface area contributed by atoms with Gasteiger partial charge in [-0.05, 0) is 25.0 Å². The molecule has 9 heteroatoms. The molecule has 0 radical (unpaired) electrons. The van der Waals surface area contributed by atoms with Gasteiger partial charge in [0.15, 0.2) is 5.82 Å². The molecule has 1 aromatic heterocycles. The van der Waals surface area contributed by atoms with E-state index in [-0.39, 0.29) is 18.5 Å². The van der Waals surface area contributed by atoms with Crippen LogP contribution in [0.15, 0.2) is 18.3 Å². The topological polar surface area (TPSA) is 72.0 Å². The van der Waals surface area contributed by atoms with Crippen LogP contribution in [0.2, 0.25) is 0 Å². The molecule has 1 spiro atoms. The Morgan fingerprint density at radius 3 is 3.00 bits per heavy atom. The van der Waals surface area contributed by atoms with Gasteiger partial charge in [-0.15, -0.1) is 0 Å². The lowest BCUT2D eigenvalue weighted by Gasteiger charge is -2.39. The highest BCUT2D eigenvalue weighted by Gasteiger charge is 2.47. The lowest BCUT2D eigenvalue weighted by Crippen LogP contribution is -2.53. The zero-order valence-corrected chi connectivity index (χ0v) is 14.6. The normalized spacial score (nSPS) is 28.6. The van der Waals surface area contributed by atoms with Gasteiger partial charge < -0.3 is 9.47 Å². The molecule has 0 bridgehead atoms. The van der Waals surface area contributed by atoms with Crippen molar-refractivity contribution in [3.05, 3.63) is 24.1 Å². The van der Waals surface area contributed by atoms with Crippen molar-refractivity contribution in [3.8, 4) is 5.88 Å². The summed E-state index contributed by atoms with van der Waals surface area (Å²) < 4.78 is 52.5. The van der Waals surface area contributed by atoms with Gasteiger partial charge in [-0.25, -0.2) is 9.37 Å². The van der Waals surface area contributed by atoms with Crippen LogP contribution in [0.4, 0.5) is 4.39 Å². The fourth-order valence-corrected chi connectivity index (χ4v) is 4.48. The monoisotopic (exact) mass is 359 g/mol. The van der Waals surface area contributed by atoms with Crippen LogP contribution in [0.1, 0.15) is 19.3 Å². The molecular formula is C15H22FN3O4S. The van der Waals surface area contributed by atoms with Crippen molar-refractivity contribution in [2.75, 3.05) is 33.8 Å². The minimum Gasteiger partial charge on any atom is -0.470 e. The summed E-state index contributed by atoms with van der Waals surface area (Å²) in [5.41, 5.74) is -0.572. The highest BCUT2D eigenvalue weighted by Crippen LogP contribution is 2.37. The lowest BCUT2D eigenvalue weighted by molar-refractivity contribution is -0.0346. The van der Waals surface area contributed by atoms with E-state index < -0.39 is 21.6 Å². The molecule has 0 aromatic carbocycles. The van der Waals surface area contributed by atoms with Gasteiger partial charge in [-0.3, -0.25) is 0 Å². The molecule has 2 aliphatic heterocycles. The number of nitrogens with zero attached hydrogens (tertiary/aromatic N) is 3. The molecule has 3 heterocycles. The summed E-state index contributed by atoms with van der Waals surface area (Å²) in [7, 11) is -0.441. The smallest absolute Gasteiger partial charge is 0.281 e. The molecule has 134 valence electrons. The maximum absolute atomic E-state index is 13.7. The van der Waals surface area contributed by atoms with Crippen molar-refractivity contribution in [2.45, 2.75) is 31.0 Å². The highest BCUT2D eigenvalue weighted by atomic mass is 32.2. The summed E-state index contributed by atoms with van der Waals surface area (Å²) in [4.78, 5) is 3.89. The average Bonchev–Trinajstić information content (AvgIpc) is 2.91. The zero-order valence-electron chi connectivity index (χ0n) is 13.8. The maximum atomic E-state index is 13.7. The average molecular weight is 359 g/mol. The van der Waals surface area contributed by atoms with E-state index in [1.807, 2.05) is 0 Å². The van der Waals surface area contributed by atoms with E-state index in [9.17, 15) is 12.8 Å². The molecule has 0 unspecified atom stereocenters. The van der Waals surface area contributed by atoms with Crippen LogP contribution in [0, 0.1) is 5.82 Å². The first-order chi connectivity index (χ1) is 11.3.